The number of hydrogen-bond donors (Lipinski definition) is 1. The Bertz CT molecular complexity index is 1010. The molecule has 0 bridgehead atoms. The Balaban J connectivity index is 1.67. The predicted octanol–water partition coefficient (Wildman–Crippen LogP) is 5.86. The molecule has 1 fully saturated rings. The van der Waals surface area contributed by atoms with Gasteiger partial charge in [0.25, 0.3) is 0 Å². The second kappa shape index (κ2) is 8.02. The van der Waals surface area contributed by atoms with Gasteiger partial charge in [-0.2, -0.15) is 0 Å². The maximum Gasteiger partial charge on any atom is 0.232 e. The number of hydrogen-bond acceptors (Lipinski definition) is 4. The molecule has 2 heterocycles. The average molecular weight is 432 g/mol. The lowest BCUT2D eigenvalue weighted by molar-refractivity contribution is 0.101. The lowest BCUT2D eigenvalue weighted by Crippen LogP contribution is -2.32. The maximum atomic E-state index is 13.0. The summed E-state index contributed by atoms with van der Waals surface area (Å²) in [6.45, 7) is 6.59. The van der Waals surface area contributed by atoms with Gasteiger partial charge in [0.15, 0.2) is 5.76 Å². The van der Waals surface area contributed by atoms with E-state index < -0.39 is 0 Å². The van der Waals surface area contributed by atoms with Crippen molar-refractivity contribution in [3.05, 3.63) is 62.3 Å². The molecule has 1 N–H and O–H groups in total. The highest BCUT2D eigenvalue weighted by Crippen LogP contribution is 2.42. The van der Waals surface area contributed by atoms with Gasteiger partial charge in [0.1, 0.15) is 11.5 Å². The first-order valence-electron chi connectivity index (χ1n) is 9.80. The number of Topliss-reactive ketones (excluding diaryl/α,β-unsaturated/α-hetero) is 1. The van der Waals surface area contributed by atoms with Crippen LogP contribution in [0.15, 0.2) is 30.0 Å². The summed E-state index contributed by atoms with van der Waals surface area (Å²) in [5.74, 6) is 1.40. The number of piperidine rings is 1. The van der Waals surface area contributed by atoms with Crippen LogP contribution in [0.25, 0.3) is 6.08 Å². The molecule has 0 saturated carbocycles. The van der Waals surface area contributed by atoms with Gasteiger partial charge in [-0.25, -0.2) is 0 Å². The number of ether oxygens (including phenoxy) is 1. The Hall–Kier alpha value is -2.01. The van der Waals surface area contributed by atoms with Crippen LogP contribution >= 0.6 is 23.2 Å². The van der Waals surface area contributed by atoms with Crippen LogP contribution in [0.3, 0.4) is 0 Å². The molecule has 0 aromatic heterocycles. The zero-order valence-electron chi connectivity index (χ0n) is 16.5. The van der Waals surface area contributed by atoms with Crippen molar-refractivity contribution in [2.24, 2.45) is 5.92 Å². The Labute approximate surface area is 180 Å². The number of nitrogens with zero attached hydrogens (tertiary/aromatic N) is 1. The smallest absolute Gasteiger partial charge is 0.232 e. The lowest BCUT2D eigenvalue weighted by atomic mass is 9.96. The number of aryl methyl sites for hydroxylation is 1. The van der Waals surface area contributed by atoms with Gasteiger partial charge in [0.05, 0.1) is 21.2 Å². The average Bonchev–Trinajstić information content (AvgIpc) is 3.00. The second-order valence-electron chi connectivity index (χ2n) is 7.97. The number of phenolic OH excluding ortho intramolecular Hbond substituents is 1. The third-order valence-electron chi connectivity index (χ3n) is 5.72. The Kier molecular flexibility index (Phi) is 5.60. The van der Waals surface area contributed by atoms with Crippen molar-refractivity contribution in [2.45, 2.75) is 33.2 Å². The summed E-state index contributed by atoms with van der Waals surface area (Å²) in [5.41, 5.74) is 2.63. The van der Waals surface area contributed by atoms with E-state index in [0.29, 0.717) is 39.0 Å². The Morgan fingerprint density at radius 3 is 2.62 bits per heavy atom. The van der Waals surface area contributed by atoms with Crippen LogP contribution in [0.5, 0.6) is 11.5 Å². The normalized spacial score (nSPS) is 18.9. The summed E-state index contributed by atoms with van der Waals surface area (Å²) in [4.78, 5) is 15.3. The van der Waals surface area contributed by atoms with Gasteiger partial charge in [-0.1, -0.05) is 36.2 Å². The molecule has 0 atom stereocenters. The van der Waals surface area contributed by atoms with Crippen molar-refractivity contribution in [3.63, 3.8) is 0 Å². The highest BCUT2D eigenvalue weighted by Gasteiger charge is 2.34. The minimum Gasteiger partial charge on any atom is -0.507 e. The second-order valence-corrected chi connectivity index (χ2v) is 8.78. The summed E-state index contributed by atoms with van der Waals surface area (Å²) in [5, 5.41) is 11.5. The van der Waals surface area contributed by atoms with Crippen LogP contribution < -0.4 is 4.74 Å². The van der Waals surface area contributed by atoms with E-state index in [2.05, 4.69) is 11.8 Å². The van der Waals surface area contributed by atoms with Crippen LogP contribution in [0.4, 0.5) is 0 Å². The van der Waals surface area contributed by atoms with E-state index in [1.165, 1.54) is 0 Å². The minimum absolute atomic E-state index is 0.170. The van der Waals surface area contributed by atoms with Crippen molar-refractivity contribution < 1.29 is 14.6 Å². The largest absolute Gasteiger partial charge is 0.507 e. The number of rotatable bonds is 3. The zero-order chi connectivity index (χ0) is 20.7. The fourth-order valence-electron chi connectivity index (χ4n) is 3.93. The van der Waals surface area contributed by atoms with Gasteiger partial charge in [-0.15, -0.1) is 0 Å². The molecule has 0 amide bonds. The lowest BCUT2D eigenvalue weighted by Gasteiger charge is -2.30. The summed E-state index contributed by atoms with van der Waals surface area (Å²) >= 11 is 12.1. The number of phenols is 1. The number of halogens is 2. The molecule has 2 aliphatic rings. The molecule has 4 rings (SSSR count). The van der Waals surface area contributed by atoms with E-state index in [1.54, 1.807) is 30.3 Å². The van der Waals surface area contributed by atoms with Gasteiger partial charge in [0, 0.05) is 6.54 Å². The highest BCUT2D eigenvalue weighted by molar-refractivity contribution is 6.42. The van der Waals surface area contributed by atoms with Crippen LogP contribution in [0.1, 0.15) is 46.8 Å². The molecule has 29 heavy (non-hydrogen) atoms. The predicted molar refractivity (Wildman–Crippen MR) is 116 cm³/mol. The first kappa shape index (κ1) is 20.3. The van der Waals surface area contributed by atoms with E-state index in [-0.39, 0.29) is 17.3 Å². The van der Waals surface area contributed by atoms with Crippen LogP contribution in [0.2, 0.25) is 10.0 Å². The van der Waals surface area contributed by atoms with E-state index in [4.69, 9.17) is 27.9 Å². The Morgan fingerprint density at radius 1 is 1.21 bits per heavy atom. The highest BCUT2D eigenvalue weighted by atomic mass is 35.5. The zero-order valence-corrected chi connectivity index (χ0v) is 18.0. The maximum absolute atomic E-state index is 13.0. The third kappa shape index (κ3) is 4.02. The van der Waals surface area contributed by atoms with Gasteiger partial charge in [0.2, 0.25) is 5.78 Å². The number of fused-ring (bicyclic) bond motifs is 1. The van der Waals surface area contributed by atoms with E-state index in [0.717, 1.165) is 37.4 Å². The number of likely N-dealkylation sites (tertiary alicyclic amines) is 1. The molecule has 4 nitrogen and oxygen atoms in total. The van der Waals surface area contributed by atoms with E-state index >= 15 is 0 Å². The van der Waals surface area contributed by atoms with Gasteiger partial charge in [-0.05, 0) is 74.2 Å². The van der Waals surface area contributed by atoms with Crippen LogP contribution in [-0.4, -0.2) is 28.9 Å². The number of benzene rings is 2. The molecular formula is C23H23Cl2NO3. The first-order chi connectivity index (χ1) is 13.8. The number of carbonyl (C=O) groups is 1. The minimum atomic E-state index is -0.183. The molecule has 2 aromatic carbocycles. The Morgan fingerprint density at radius 2 is 1.93 bits per heavy atom. The van der Waals surface area contributed by atoms with Gasteiger partial charge in [-0.3, -0.25) is 9.69 Å². The molecular weight excluding hydrogens is 409 g/mol. The van der Waals surface area contributed by atoms with E-state index in [9.17, 15) is 9.90 Å². The van der Waals surface area contributed by atoms with Crippen LogP contribution in [0, 0.1) is 12.8 Å². The van der Waals surface area contributed by atoms with E-state index in [1.807, 2.05) is 6.92 Å². The molecule has 152 valence electrons. The van der Waals surface area contributed by atoms with Gasteiger partial charge >= 0.3 is 0 Å². The van der Waals surface area contributed by atoms with Crippen molar-refractivity contribution in [1.29, 1.82) is 0 Å². The molecule has 0 aliphatic carbocycles. The van der Waals surface area contributed by atoms with Crippen molar-refractivity contribution in [3.8, 4) is 11.5 Å². The van der Waals surface area contributed by atoms with Crippen molar-refractivity contribution in [1.82, 2.24) is 4.90 Å². The SMILES string of the molecule is Cc1cc(O)c(CN2CCC(C)CC2)c2c1C(=O)/C(=C/c1ccc(Cl)c(Cl)c1)O2. The molecule has 6 heteroatoms. The molecule has 1 saturated heterocycles. The summed E-state index contributed by atoms with van der Waals surface area (Å²) in [7, 11) is 0. The van der Waals surface area contributed by atoms with Crippen molar-refractivity contribution in [2.75, 3.05) is 13.1 Å². The molecule has 0 unspecified atom stereocenters. The number of allylic oxidation sites excluding steroid dienone is 1. The van der Waals surface area contributed by atoms with Crippen LogP contribution in [-0.2, 0) is 6.54 Å². The molecule has 0 radical (unpaired) electrons. The summed E-state index contributed by atoms with van der Waals surface area (Å²) < 4.78 is 6.00. The third-order valence-corrected chi connectivity index (χ3v) is 6.46. The monoisotopic (exact) mass is 431 g/mol. The molecule has 0 spiro atoms. The van der Waals surface area contributed by atoms with Gasteiger partial charge < -0.3 is 9.84 Å². The number of aromatic hydroxyl groups is 1. The fraction of sp³-hybridized carbons (Fsp3) is 0.348. The molecule has 2 aliphatic heterocycles. The quantitative estimate of drug-likeness (QED) is 0.618. The topological polar surface area (TPSA) is 49.8 Å². The number of ketones is 1. The summed E-state index contributed by atoms with van der Waals surface area (Å²) in [6, 6.07) is 6.81. The standard InChI is InChI=1S/C23H23Cl2NO3/c1-13-5-7-26(8-6-13)12-16-19(27)9-14(2)21-22(28)20(29-23(16)21)11-15-3-4-17(24)18(25)10-15/h3-4,9-11,13,27H,5-8,12H2,1-2H3/b20-11-. The molecule has 2 aromatic rings. The van der Waals surface area contributed by atoms with Crippen molar-refractivity contribution >= 4 is 35.1 Å². The summed E-state index contributed by atoms with van der Waals surface area (Å²) in [6.07, 6.45) is 3.93. The fourth-order valence-corrected chi connectivity index (χ4v) is 4.24. The first-order valence-corrected chi connectivity index (χ1v) is 10.6. The number of carbonyl (C=O) groups excluding carboxylic acids is 1.